The summed E-state index contributed by atoms with van der Waals surface area (Å²) in [6.45, 7) is 2.95. The van der Waals surface area contributed by atoms with E-state index in [4.69, 9.17) is 23.3 Å². The number of unbranched alkanes of at least 4 members (excludes halogenated alkanes) is 9. The molecule has 66 heavy (non-hydrogen) atoms. The second-order valence-corrected chi connectivity index (χ2v) is 19.1. The molecule has 7 N–H and O–H groups in total. The number of aliphatic hydroxyl groups is 4. The van der Waals surface area contributed by atoms with Gasteiger partial charge in [-0.3, -0.25) is 23.2 Å². The molecule has 378 valence electrons. The van der Waals surface area contributed by atoms with Gasteiger partial charge in [0.05, 0.1) is 18.8 Å². The van der Waals surface area contributed by atoms with E-state index in [2.05, 4.69) is 73.1 Å². The Balaban J connectivity index is 1.85. The summed E-state index contributed by atoms with van der Waals surface area (Å²) in [5, 5.41) is 41.2. The Morgan fingerprint density at radius 1 is 0.545 bits per heavy atom. The molecular formula is C47H78O17P2. The van der Waals surface area contributed by atoms with E-state index in [9.17, 15) is 53.8 Å². The number of phosphoric acid groups is 2. The standard InChI is InChI=1S/C47H78O17P2/c1-3-5-7-9-11-13-14-15-16-17-18-20-22-24-29-33-40(48)59-35-37(36-60-66(57,58)64-47-44(52)42(50)43(51)46(45(47)53)63-65(54,55)56)61-41(49)34-30-26-25-28-32-39-38(62-39)31-27-23-21-19-12-10-8-6-4-2/h11-13,15-16,18-20,23,25,27-28,37-39,42-47,50-53H,3-10,14,17,21-22,24,26,29-36H2,1-2H3,(H,57,58)(H2,54,55,56)/b13-11-,16-15-,19-12-,20-18-,27-23-,28-25-/t37-,38?,39?,42?,43?,44?,45?,46-,47+/m1/s1. The van der Waals surface area contributed by atoms with Crippen LogP contribution in [0.3, 0.4) is 0 Å². The fourth-order valence-corrected chi connectivity index (χ4v) is 8.37. The van der Waals surface area contributed by atoms with Gasteiger partial charge < -0.3 is 49.3 Å². The minimum Gasteiger partial charge on any atom is -0.462 e. The number of esters is 2. The molecule has 17 nitrogen and oxygen atoms in total. The van der Waals surface area contributed by atoms with E-state index in [0.29, 0.717) is 25.7 Å². The number of hydrogen-bond donors (Lipinski definition) is 7. The quantitative estimate of drug-likeness (QED) is 0.0103. The Morgan fingerprint density at radius 3 is 1.55 bits per heavy atom. The molecule has 1 aliphatic heterocycles. The van der Waals surface area contributed by atoms with Gasteiger partial charge in [-0.2, -0.15) is 0 Å². The lowest BCUT2D eigenvalue weighted by molar-refractivity contribution is -0.216. The lowest BCUT2D eigenvalue weighted by atomic mass is 9.85. The Labute approximate surface area is 391 Å². The molecule has 0 bridgehead atoms. The van der Waals surface area contributed by atoms with Crippen LogP contribution in [0.15, 0.2) is 72.9 Å². The van der Waals surface area contributed by atoms with E-state index in [1.807, 2.05) is 18.2 Å². The van der Waals surface area contributed by atoms with Crippen LogP contribution >= 0.6 is 15.6 Å². The number of ether oxygens (including phenoxy) is 3. The van der Waals surface area contributed by atoms with Crippen molar-refractivity contribution in [2.45, 2.75) is 197 Å². The SMILES string of the molecule is CCCCC/C=C\C/C=C\C/C=C\CCCCC(=O)OC[C@H](COP(=O)(O)O[C@H]1C(O)C(O)C(O)[C@@H](OP(=O)(O)O)C1O)OC(=O)CCC/C=C\CC1OC1C/C=C\C/C=C\CCCCC. The van der Waals surface area contributed by atoms with Gasteiger partial charge >= 0.3 is 27.6 Å². The number of carbonyl (C=O) groups excluding carboxylic acids is 2. The lowest BCUT2D eigenvalue weighted by Gasteiger charge is -2.43. The first-order valence-electron chi connectivity index (χ1n) is 23.6. The zero-order chi connectivity index (χ0) is 48.6. The molecule has 1 aliphatic carbocycles. The van der Waals surface area contributed by atoms with E-state index in [1.54, 1.807) is 0 Å². The number of carbonyl (C=O) groups is 2. The van der Waals surface area contributed by atoms with Crippen molar-refractivity contribution in [1.82, 2.24) is 0 Å². The highest BCUT2D eigenvalue weighted by atomic mass is 31.2. The first-order chi connectivity index (χ1) is 31.6. The molecule has 2 fully saturated rings. The number of aliphatic hydroxyl groups excluding tert-OH is 4. The maximum atomic E-state index is 13.0. The van der Waals surface area contributed by atoms with Crippen molar-refractivity contribution in [2.24, 2.45) is 0 Å². The minimum atomic E-state index is -5.38. The Hall–Kier alpha value is -2.60. The van der Waals surface area contributed by atoms with Crippen LogP contribution in [0.25, 0.3) is 0 Å². The summed E-state index contributed by atoms with van der Waals surface area (Å²) in [6.07, 6.45) is 27.5. The summed E-state index contributed by atoms with van der Waals surface area (Å²) in [4.78, 5) is 54.3. The van der Waals surface area contributed by atoms with Gasteiger partial charge in [0.2, 0.25) is 0 Å². The molecule has 19 heteroatoms. The average Bonchev–Trinajstić information content (AvgIpc) is 4.03. The summed E-state index contributed by atoms with van der Waals surface area (Å²) < 4.78 is 55.0. The van der Waals surface area contributed by atoms with Crippen molar-refractivity contribution >= 4 is 27.6 Å². The molecule has 2 rings (SSSR count). The Bertz CT molecular complexity index is 1620. The third-order valence-electron chi connectivity index (χ3n) is 10.7. The second kappa shape index (κ2) is 34.6. The summed E-state index contributed by atoms with van der Waals surface area (Å²) in [6, 6.07) is 0. The molecule has 0 aromatic carbocycles. The van der Waals surface area contributed by atoms with Crippen LogP contribution < -0.4 is 0 Å². The van der Waals surface area contributed by atoms with Gasteiger partial charge in [-0.1, -0.05) is 112 Å². The number of epoxide rings is 1. The van der Waals surface area contributed by atoms with Gasteiger partial charge in [-0.15, -0.1) is 0 Å². The number of phosphoric ester groups is 2. The van der Waals surface area contributed by atoms with Gasteiger partial charge in [0.25, 0.3) is 0 Å². The molecule has 7 unspecified atom stereocenters. The van der Waals surface area contributed by atoms with Crippen LogP contribution in [0, 0.1) is 0 Å². The third kappa shape index (κ3) is 28.0. The summed E-state index contributed by atoms with van der Waals surface area (Å²) in [5.41, 5.74) is 0. The molecule has 0 spiro atoms. The lowest BCUT2D eigenvalue weighted by Crippen LogP contribution is -2.64. The largest absolute Gasteiger partial charge is 0.472 e. The first-order valence-corrected chi connectivity index (χ1v) is 26.6. The predicted molar refractivity (Wildman–Crippen MR) is 250 cm³/mol. The zero-order valence-corrected chi connectivity index (χ0v) is 40.6. The highest BCUT2D eigenvalue weighted by molar-refractivity contribution is 7.47. The van der Waals surface area contributed by atoms with Crippen molar-refractivity contribution in [3.8, 4) is 0 Å². The van der Waals surface area contributed by atoms with Crippen LogP contribution in [0.4, 0.5) is 0 Å². The smallest absolute Gasteiger partial charge is 0.462 e. The molecule has 1 saturated carbocycles. The predicted octanol–water partition coefficient (Wildman–Crippen LogP) is 7.83. The van der Waals surface area contributed by atoms with Gasteiger partial charge in [0.1, 0.15) is 43.2 Å². The summed E-state index contributed by atoms with van der Waals surface area (Å²) in [5.74, 6) is -1.33. The summed E-state index contributed by atoms with van der Waals surface area (Å²) in [7, 11) is -10.7. The molecule has 1 heterocycles. The molecule has 0 aromatic rings. The number of rotatable bonds is 37. The van der Waals surface area contributed by atoms with E-state index < -0.39 is 83.5 Å². The Kier molecular flexibility index (Phi) is 31.2. The van der Waals surface area contributed by atoms with Crippen LogP contribution in [-0.2, 0) is 46.5 Å². The van der Waals surface area contributed by atoms with Gasteiger partial charge in [0.15, 0.2) is 6.10 Å². The Morgan fingerprint density at radius 2 is 1.00 bits per heavy atom. The fraction of sp³-hybridized carbons (Fsp3) is 0.702. The van der Waals surface area contributed by atoms with E-state index in [0.717, 1.165) is 51.4 Å². The maximum Gasteiger partial charge on any atom is 0.472 e. The van der Waals surface area contributed by atoms with Gasteiger partial charge in [0, 0.05) is 12.8 Å². The number of allylic oxidation sites excluding steroid dienone is 10. The molecule has 10 atom stereocenters. The second-order valence-electron chi connectivity index (χ2n) is 16.5. The van der Waals surface area contributed by atoms with E-state index in [1.165, 1.54) is 38.5 Å². The van der Waals surface area contributed by atoms with E-state index >= 15 is 0 Å². The highest BCUT2D eigenvalue weighted by Gasteiger charge is 2.54. The van der Waals surface area contributed by atoms with Crippen LogP contribution in [0.2, 0.25) is 0 Å². The first kappa shape index (κ1) is 59.5. The fourth-order valence-electron chi connectivity index (χ4n) is 6.83. The van der Waals surface area contributed by atoms with Crippen molar-refractivity contribution in [1.29, 1.82) is 0 Å². The zero-order valence-electron chi connectivity index (χ0n) is 38.8. The molecule has 0 aromatic heterocycles. The number of hydrogen-bond acceptors (Lipinski definition) is 14. The average molecular weight is 977 g/mol. The van der Waals surface area contributed by atoms with E-state index in [-0.39, 0.29) is 25.0 Å². The third-order valence-corrected chi connectivity index (χ3v) is 12.2. The van der Waals surface area contributed by atoms with Gasteiger partial charge in [-0.05, 0) is 89.9 Å². The molecule has 2 aliphatic rings. The maximum absolute atomic E-state index is 13.0. The molecule has 0 amide bonds. The molecule has 0 radical (unpaired) electrons. The van der Waals surface area contributed by atoms with Crippen molar-refractivity contribution < 1.29 is 81.6 Å². The van der Waals surface area contributed by atoms with Crippen molar-refractivity contribution in [3.05, 3.63) is 72.9 Å². The molecule has 1 saturated heterocycles. The topological polar surface area (TPSA) is 269 Å². The van der Waals surface area contributed by atoms with Crippen molar-refractivity contribution in [3.63, 3.8) is 0 Å². The highest BCUT2D eigenvalue weighted by Crippen LogP contribution is 2.49. The van der Waals surface area contributed by atoms with Crippen LogP contribution in [0.5, 0.6) is 0 Å². The van der Waals surface area contributed by atoms with Crippen molar-refractivity contribution in [2.75, 3.05) is 13.2 Å². The normalized spacial score (nSPS) is 25.2. The minimum absolute atomic E-state index is 0.0520. The van der Waals surface area contributed by atoms with Gasteiger partial charge in [-0.25, -0.2) is 9.13 Å². The van der Waals surface area contributed by atoms with Crippen LogP contribution in [0.1, 0.15) is 142 Å². The molecular weight excluding hydrogens is 898 g/mol. The monoisotopic (exact) mass is 976 g/mol. The van der Waals surface area contributed by atoms with Crippen LogP contribution in [-0.4, -0.2) is 115 Å². The summed E-state index contributed by atoms with van der Waals surface area (Å²) >= 11 is 0.